The molecule has 2 fully saturated rings. The van der Waals surface area contributed by atoms with Crippen LogP contribution in [0.1, 0.15) is 59.3 Å². The van der Waals surface area contributed by atoms with Gasteiger partial charge in [-0.2, -0.15) is 0 Å². The predicted molar refractivity (Wildman–Crippen MR) is 75.5 cm³/mol. The number of piperidine rings is 1. The fourth-order valence-electron chi connectivity index (χ4n) is 3.87. The summed E-state index contributed by atoms with van der Waals surface area (Å²) in [6.07, 6.45) is 6.78. The summed E-state index contributed by atoms with van der Waals surface area (Å²) >= 11 is 0. The minimum absolute atomic E-state index is 0.0385. The van der Waals surface area contributed by atoms with Gasteiger partial charge < -0.3 is 5.32 Å². The number of carbonyl (C=O) groups is 1. The van der Waals surface area contributed by atoms with Crippen LogP contribution in [-0.2, 0) is 4.79 Å². The van der Waals surface area contributed by atoms with Gasteiger partial charge in [0, 0.05) is 17.9 Å². The molecule has 0 bridgehead atoms. The van der Waals surface area contributed by atoms with Crippen LogP contribution >= 0.6 is 0 Å². The van der Waals surface area contributed by atoms with Crippen molar-refractivity contribution in [3.05, 3.63) is 0 Å². The van der Waals surface area contributed by atoms with Crippen LogP contribution < -0.4 is 5.32 Å². The number of nitrogens with one attached hydrogen (secondary N) is 1. The van der Waals surface area contributed by atoms with E-state index in [-0.39, 0.29) is 5.41 Å². The first kappa shape index (κ1) is 14.0. The van der Waals surface area contributed by atoms with E-state index in [9.17, 15) is 4.79 Å². The van der Waals surface area contributed by atoms with Gasteiger partial charge in [-0.05, 0) is 56.9 Å². The van der Waals surface area contributed by atoms with Crippen molar-refractivity contribution >= 4 is 5.78 Å². The lowest BCUT2D eigenvalue weighted by Crippen LogP contribution is -2.48. The molecule has 0 aromatic carbocycles. The monoisotopic (exact) mass is 251 g/mol. The van der Waals surface area contributed by atoms with Crippen molar-refractivity contribution in [2.75, 3.05) is 13.1 Å². The molecule has 1 saturated carbocycles. The minimum atomic E-state index is -0.0385. The van der Waals surface area contributed by atoms with E-state index < -0.39 is 0 Å². The second-order valence-electron chi connectivity index (χ2n) is 6.74. The summed E-state index contributed by atoms with van der Waals surface area (Å²) in [4.78, 5) is 12.9. The third-order valence-electron chi connectivity index (χ3n) is 5.64. The highest BCUT2D eigenvalue weighted by atomic mass is 16.1. The van der Waals surface area contributed by atoms with Gasteiger partial charge in [0.25, 0.3) is 0 Å². The quantitative estimate of drug-likeness (QED) is 0.833. The van der Waals surface area contributed by atoms with Gasteiger partial charge in [-0.15, -0.1) is 0 Å². The Labute approximate surface area is 112 Å². The molecule has 4 atom stereocenters. The number of carbonyl (C=O) groups excluding carboxylic acids is 1. The summed E-state index contributed by atoms with van der Waals surface area (Å²) in [5.74, 6) is 2.45. The molecule has 1 saturated heterocycles. The van der Waals surface area contributed by atoms with E-state index in [1.807, 2.05) is 0 Å². The van der Waals surface area contributed by atoms with E-state index in [1.165, 1.54) is 6.42 Å². The second kappa shape index (κ2) is 5.73. The van der Waals surface area contributed by atoms with Gasteiger partial charge >= 0.3 is 0 Å². The van der Waals surface area contributed by atoms with Crippen LogP contribution in [0.25, 0.3) is 0 Å². The molecular formula is C16H29NO. The molecule has 0 aromatic heterocycles. The van der Waals surface area contributed by atoms with Crippen molar-refractivity contribution in [1.82, 2.24) is 5.32 Å². The molecule has 2 heteroatoms. The standard InChI is InChI=1S/C16H29NO/c1-4-16(8-5-9-17-11-16)15(18)14-7-6-12(2)13(3)10-14/h12-14,17H,4-11H2,1-3H3. The first-order valence-corrected chi connectivity index (χ1v) is 7.84. The first-order chi connectivity index (χ1) is 8.59. The molecule has 0 aromatic rings. The molecule has 18 heavy (non-hydrogen) atoms. The second-order valence-corrected chi connectivity index (χ2v) is 6.74. The average molecular weight is 251 g/mol. The molecule has 2 aliphatic rings. The number of hydrogen-bond acceptors (Lipinski definition) is 2. The minimum Gasteiger partial charge on any atom is -0.316 e. The molecule has 104 valence electrons. The molecule has 2 nitrogen and oxygen atoms in total. The lowest BCUT2D eigenvalue weighted by Gasteiger charge is -2.41. The lowest BCUT2D eigenvalue weighted by molar-refractivity contribution is -0.136. The van der Waals surface area contributed by atoms with Crippen LogP contribution in [0.3, 0.4) is 0 Å². The van der Waals surface area contributed by atoms with Gasteiger partial charge in [-0.1, -0.05) is 20.8 Å². The maximum Gasteiger partial charge on any atom is 0.143 e. The van der Waals surface area contributed by atoms with E-state index in [1.54, 1.807) is 0 Å². The molecule has 0 spiro atoms. The van der Waals surface area contributed by atoms with Crippen molar-refractivity contribution in [2.45, 2.75) is 59.3 Å². The highest BCUT2D eigenvalue weighted by Gasteiger charge is 2.42. The Bertz CT molecular complexity index is 293. The van der Waals surface area contributed by atoms with Gasteiger partial charge in [-0.3, -0.25) is 4.79 Å². The van der Waals surface area contributed by atoms with Crippen molar-refractivity contribution in [1.29, 1.82) is 0 Å². The SMILES string of the molecule is CCC1(C(=O)C2CCC(C)C(C)C2)CCCNC1. The van der Waals surface area contributed by atoms with Crippen LogP contribution in [-0.4, -0.2) is 18.9 Å². The van der Waals surface area contributed by atoms with Crippen molar-refractivity contribution < 1.29 is 4.79 Å². The van der Waals surface area contributed by atoms with E-state index in [0.717, 1.165) is 57.0 Å². The molecule has 1 aliphatic heterocycles. The summed E-state index contributed by atoms with van der Waals surface area (Å²) in [7, 11) is 0. The molecular weight excluding hydrogens is 222 g/mol. The van der Waals surface area contributed by atoms with Gasteiger partial charge in [0.15, 0.2) is 0 Å². The van der Waals surface area contributed by atoms with Crippen molar-refractivity contribution in [3.63, 3.8) is 0 Å². The third-order valence-corrected chi connectivity index (χ3v) is 5.64. The summed E-state index contributed by atoms with van der Waals surface area (Å²) in [5, 5.41) is 3.45. The van der Waals surface area contributed by atoms with E-state index in [0.29, 0.717) is 11.7 Å². The highest BCUT2D eigenvalue weighted by molar-refractivity contribution is 5.87. The predicted octanol–water partition coefficient (Wildman–Crippen LogP) is 3.41. The number of rotatable bonds is 3. The topological polar surface area (TPSA) is 29.1 Å². The van der Waals surface area contributed by atoms with E-state index in [4.69, 9.17) is 0 Å². The molecule has 2 rings (SSSR count). The van der Waals surface area contributed by atoms with Crippen LogP contribution in [0.2, 0.25) is 0 Å². The molecule has 4 unspecified atom stereocenters. The Kier molecular flexibility index (Phi) is 4.47. The summed E-state index contributed by atoms with van der Waals surface area (Å²) < 4.78 is 0. The highest BCUT2D eigenvalue weighted by Crippen LogP contribution is 2.41. The normalized spacial score (nSPS) is 41.6. The van der Waals surface area contributed by atoms with Gasteiger partial charge in [0.05, 0.1) is 0 Å². The summed E-state index contributed by atoms with van der Waals surface area (Å²) in [6, 6.07) is 0. The van der Waals surface area contributed by atoms with Crippen LogP contribution in [0, 0.1) is 23.2 Å². The number of ketones is 1. The van der Waals surface area contributed by atoms with Gasteiger partial charge in [0.2, 0.25) is 0 Å². The zero-order valence-electron chi connectivity index (χ0n) is 12.3. The van der Waals surface area contributed by atoms with Gasteiger partial charge in [-0.25, -0.2) is 0 Å². The third kappa shape index (κ3) is 2.64. The molecule has 1 N–H and O–H groups in total. The lowest BCUT2D eigenvalue weighted by atomic mass is 9.65. The largest absolute Gasteiger partial charge is 0.316 e. The Balaban J connectivity index is 2.05. The molecule has 1 heterocycles. The van der Waals surface area contributed by atoms with Crippen LogP contribution in [0.5, 0.6) is 0 Å². The smallest absolute Gasteiger partial charge is 0.143 e. The maximum atomic E-state index is 12.9. The number of Topliss-reactive ketones (excluding diaryl/α,β-unsaturated/α-hetero) is 1. The number of hydrogen-bond donors (Lipinski definition) is 1. The average Bonchev–Trinajstić information content (AvgIpc) is 2.42. The van der Waals surface area contributed by atoms with Gasteiger partial charge in [0.1, 0.15) is 5.78 Å². The first-order valence-electron chi connectivity index (χ1n) is 7.84. The Hall–Kier alpha value is -0.370. The Morgan fingerprint density at radius 3 is 2.61 bits per heavy atom. The summed E-state index contributed by atoms with van der Waals surface area (Å²) in [6.45, 7) is 8.86. The summed E-state index contributed by atoms with van der Waals surface area (Å²) in [5.41, 5.74) is -0.0385. The Morgan fingerprint density at radius 1 is 1.28 bits per heavy atom. The van der Waals surface area contributed by atoms with Crippen LogP contribution in [0.4, 0.5) is 0 Å². The maximum absolute atomic E-state index is 12.9. The van der Waals surface area contributed by atoms with E-state index >= 15 is 0 Å². The zero-order valence-corrected chi connectivity index (χ0v) is 12.3. The molecule has 1 aliphatic carbocycles. The van der Waals surface area contributed by atoms with E-state index in [2.05, 4.69) is 26.1 Å². The Morgan fingerprint density at radius 2 is 2.06 bits per heavy atom. The molecule has 0 amide bonds. The van der Waals surface area contributed by atoms with Crippen molar-refractivity contribution in [2.24, 2.45) is 23.2 Å². The zero-order chi connectivity index (χ0) is 13.2. The van der Waals surface area contributed by atoms with Crippen LogP contribution in [0.15, 0.2) is 0 Å². The fraction of sp³-hybridized carbons (Fsp3) is 0.938. The fourth-order valence-corrected chi connectivity index (χ4v) is 3.87. The molecule has 0 radical (unpaired) electrons. The van der Waals surface area contributed by atoms with Crippen molar-refractivity contribution in [3.8, 4) is 0 Å².